The highest BCUT2D eigenvalue weighted by molar-refractivity contribution is 6.02. The van der Waals surface area contributed by atoms with Crippen LogP contribution in [0, 0.1) is 12.7 Å². The zero-order valence-electron chi connectivity index (χ0n) is 13.0. The number of amides is 1. The molecule has 0 aliphatic heterocycles. The lowest BCUT2D eigenvalue weighted by atomic mass is 10.1. The standard InChI is InChI=1S/C17H15F3N2O2/c1-10-7-8-15(24-17(19)20)13(9-10)11(2)21-22-16(23)12-5-3-4-6-14(12)18/h3-9,17H,1-2H3,(H,22,23)/b21-11-. The summed E-state index contributed by atoms with van der Waals surface area (Å²) in [5.41, 5.74) is 3.41. The molecule has 7 heteroatoms. The van der Waals surface area contributed by atoms with Crippen LogP contribution in [0.2, 0.25) is 0 Å². The number of ether oxygens (including phenoxy) is 1. The number of carbonyl (C=O) groups is 1. The monoisotopic (exact) mass is 336 g/mol. The number of halogens is 3. The molecular weight excluding hydrogens is 321 g/mol. The van der Waals surface area contributed by atoms with Crippen LogP contribution >= 0.6 is 0 Å². The van der Waals surface area contributed by atoms with Gasteiger partial charge < -0.3 is 4.74 Å². The first-order valence-corrected chi connectivity index (χ1v) is 7.03. The van der Waals surface area contributed by atoms with Crippen molar-refractivity contribution < 1.29 is 22.7 Å². The van der Waals surface area contributed by atoms with Gasteiger partial charge in [-0.15, -0.1) is 0 Å². The number of rotatable bonds is 5. The van der Waals surface area contributed by atoms with Crippen LogP contribution in [0.25, 0.3) is 0 Å². The molecule has 0 aromatic heterocycles. The van der Waals surface area contributed by atoms with Gasteiger partial charge in [0.25, 0.3) is 5.91 Å². The van der Waals surface area contributed by atoms with Crippen LogP contribution in [-0.2, 0) is 0 Å². The van der Waals surface area contributed by atoms with Crippen molar-refractivity contribution in [2.45, 2.75) is 20.5 Å². The van der Waals surface area contributed by atoms with E-state index in [1.807, 2.05) is 0 Å². The van der Waals surface area contributed by atoms with Crippen molar-refractivity contribution in [2.75, 3.05) is 0 Å². The minimum Gasteiger partial charge on any atom is -0.434 e. The second-order valence-electron chi connectivity index (χ2n) is 5.00. The third kappa shape index (κ3) is 4.34. The summed E-state index contributed by atoms with van der Waals surface area (Å²) in [6.45, 7) is 0.322. The van der Waals surface area contributed by atoms with Gasteiger partial charge in [0.2, 0.25) is 0 Å². The van der Waals surface area contributed by atoms with Gasteiger partial charge in [-0.1, -0.05) is 23.8 Å². The molecule has 0 saturated heterocycles. The second kappa shape index (κ2) is 7.63. The Kier molecular flexibility index (Phi) is 5.57. The predicted molar refractivity (Wildman–Crippen MR) is 83.9 cm³/mol. The molecule has 0 bridgehead atoms. The number of carbonyl (C=O) groups excluding carboxylic acids is 1. The Morgan fingerprint density at radius 3 is 2.54 bits per heavy atom. The van der Waals surface area contributed by atoms with E-state index in [2.05, 4.69) is 15.3 Å². The summed E-state index contributed by atoms with van der Waals surface area (Å²) in [7, 11) is 0. The lowest BCUT2D eigenvalue weighted by molar-refractivity contribution is -0.0499. The Morgan fingerprint density at radius 1 is 1.17 bits per heavy atom. The van der Waals surface area contributed by atoms with Crippen LogP contribution in [-0.4, -0.2) is 18.2 Å². The predicted octanol–water partition coefficient (Wildman–Crippen LogP) is 3.89. The largest absolute Gasteiger partial charge is 0.434 e. The molecule has 2 aromatic carbocycles. The van der Waals surface area contributed by atoms with E-state index in [1.54, 1.807) is 19.1 Å². The van der Waals surface area contributed by atoms with E-state index >= 15 is 0 Å². The van der Waals surface area contributed by atoms with Crippen LogP contribution in [0.3, 0.4) is 0 Å². The smallest absolute Gasteiger partial charge is 0.387 e. The minimum absolute atomic E-state index is 0.0583. The summed E-state index contributed by atoms with van der Waals surface area (Å²) in [5.74, 6) is -1.48. The summed E-state index contributed by atoms with van der Waals surface area (Å²) in [4.78, 5) is 11.9. The number of hydrogen-bond donors (Lipinski definition) is 1. The van der Waals surface area contributed by atoms with E-state index in [9.17, 15) is 18.0 Å². The summed E-state index contributed by atoms with van der Waals surface area (Å²) in [6, 6.07) is 10.1. The third-order valence-electron chi connectivity index (χ3n) is 3.18. The quantitative estimate of drug-likeness (QED) is 0.665. The summed E-state index contributed by atoms with van der Waals surface area (Å²) >= 11 is 0. The number of nitrogens with one attached hydrogen (secondary N) is 1. The Bertz CT molecular complexity index is 776. The molecule has 0 radical (unpaired) electrons. The van der Waals surface area contributed by atoms with E-state index in [0.29, 0.717) is 5.56 Å². The van der Waals surface area contributed by atoms with E-state index in [4.69, 9.17) is 0 Å². The fraction of sp³-hybridized carbons (Fsp3) is 0.176. The van der Waals surface area contributed by atoms with Crippen molar-refractivity contribution in [3.05, 3.63) is 65.0 Å². The highest BCUT2D eigenvalue weighted by atomic mass is 19.3. The average Bonchev–Trinajstić information content (AvgIpc) is 2.54. The maximum Gasteiger partial charge on any atom is 0.387 e. The summed E-state index contributed by atoms with van der Waals surface area (Å²) in [6.07, 6.45) is 0. The molecule has 2 aromatic rings. The first-order chi connectivity index (χ1) is 11.4. The SMILES string of the molecule is C/C(=N/NC(=O)c1ccccc1F)c1cc(C)ccc1OC(F)F. The van der Waals surface area contributed by atoms with Crippen molar-refractivity contribution in [3.8, 4) is 5.75 Å². The molecule has 0 spiro atoms. The van der Waals surface area contributed by atoms with Crippen LogP contribution in [0.15, 0.2) is 47.6 Å². The molecule has 24 heavy (non-hydrogen) atoms. The lowest BCUT2D eigenvalue weighted by Gasteiger charge is -2.11. The Hall–Kier alpha value is -2.83. The number of alkyl halides is 2. The van der Waals surface area contributed by atoms with Crippen molar-refractivity contribution >= 4 is 11.6 Å². The Balaban J connectivity index is 2.23. The molecule has 0 saturated carbocycles. The molecule has 1 amide bonds. The van der Waals surface area contributed by atoms with Gasteiger partial charge in [-0.25, -0.2) is 9.82 Å². The molecule has 0 heterocycles. The highest BCUT2D eigenvalue weighted by Gasteiger charge is 2.14. The maximum atomic E-state index is 13.5. The molecule has 1 N–H and O–H groups in total. The minimum atomic E-state index is -2.98. The van der Waals surface area contributed by atoms with Crippen LogP contribution < -0.4 is 10.2 Å². The fourth-order valence-corrected chi connectivity index (χ4v) is 2.03. The molecule has 0 fully saturated rings. The highest BCUT2D eigenvalue weighted by Crippen LogP contribution is 2.22. The summed E-state index contributed by atoms with van der Waals surface area (Å²) < 4.78 is 42.9. The van der Waals surface area contributed by atoms with E-state index < -0.39 is 18.3 Å². The first kappa shape index (κ1) is 17.5. The van der Waals surface area contributed by atoms with E-state index in [0.717, 1.165) is 11.6 Å². The summed E-state index contributed by atoms with van der Waals surface area (Å²) in [5, 5.41) is 3.85. The second-order valence-corrected chi connectivity index (χ2v) is 5.00. The zero-order valence-corrected chi connectivity index (χ0v) is 13.0. The van der Waals surface area contributed by atoms with Crippen molar-refractivity contribution in [2.24, 2.45) is 5.10 Å². The van der Waals surface area contributed by atoms with Gasteiger partial charge in [-0.05, 0) is 38.1 Å². The van der Waals surface area contributed by atoms with E-state index in [1.165, 1.54) is 31.2 Å². The topological polar surface area (TPSA) is 50.7 Å². The Morgan fingerprint density at radius 2 is 1.88 bits per heavy atom. The number of nitrogens with zero attached hydrogens (tertiary/aromatic N) is 1. The Labute approximate surface area is 137 Å². The van der Waals surface area contributed by atoms with Gasteiger partial charge in [-0.3, -0.25) is 4.79 Å². The van der Waals surface area contributed by atoms with Gasteiger partial charge in [0.1, 0.15) is 11.6 Å². The van der Waals surface area contributed by atoms with Crippen LogP contribution in [0.4, 0.5) is 13.2 Å². The molecule has 0 atom stereocenters. The van der Waals surface area contributed by atoms with Crippen molar-refractivity contribution in [1.29, 1.82) is 0 Å². The van der Waals surface area contributed by atoms with Gasteiger partial charge in [0.15, 0.2) is 0 Å². The van der Waals surface area contributed by atoms with Crippen molar-refractivity contribution in [1.82, 2.24) is 5.43 Å². The molecule has 0 aliphatic rings. The van der Waals surface area contributed by atoms with Crippen LogP contribution in [0.5, 0.6) is 5.75 Å². The molecule has 4 nitrogen and oxygen atoms in total. The molecular formula is C17H15F3N2O2. The van der Waals surface area contributed by atoms with Crippen LogP contribution in [0.1, 0.15) is 28.4 Å². The van der Waals surface area contributed by atoms with Gasteiger partial charge in [-0.2, -0.15) is 13.9 Å². The first-order valence-electron chi connectivity index (χ1n) is 7.03. The maximum absolute atomic E-state index is 13.5. The molecule has 0 aliphatic carbocycles. The number of aryl methyl sites for hydroxylation is 1. The fourth-order valence-electron chi connectivity index (χ4n) is 2.03. The van der Waals surface area contributed by atoms with Gasteiger partial charge >= 0.3 is 6.61 Å². The van der Waals surface area contributed by atoms with Crippen molar-refractivity contribution in [3.63, 3.8) is 0 Å². The molecule has 2 rings (SSSR count). The normalized spacial score (nSPS) is 11.5. The number of hydrogen-bond acceptors (Lipinski definition) is 3. The van der Waals surface area contributed by atoms with Gasteiger partial charge in [0, 0.05) is 5.56 Å². The third-order valence-corrected chi connectivity index (χ3v) is 3.18. The van der Waals surface area contributed by atoms with Gasteiger partial charge in [0.05, 0.1) is 11.3 Å². The molecule has 126 valence electrons. The lowest BCUT2D eigenvalue weighted by Crippen LogP contribution is -2.20. The van der Waals surface area contributed by atoms with E-state index in [-0.39, 0.29) is 17.0 Å². The number of hydrazone groups is 1. The number of benzene rings is 2. The average molecular weight is 336 g/mol. The zero-order chi connectivity index (χ0) is 17.7. The molecule has 0 unspecified atom stereocenters.